The van der Waals surface area contributed by atoms with Gasteiger partial charge in [-0.1, -0.05) is 87.5 Å². The Hall–Kier alpha value is -3.32. The Morgan fingerprint density at radius 2 is 1.14 bits per heavy atom. The lowest BCUT2D eigenvalue weighted by Gasteiger charge is -2.21. The number of rotatable bonds is 2. The maximum Gasteiger partial charge on any atom is 0.0503 e. The van der Waals surface area contributed by atoms with Crippen molar-refractivity contribution in [2.24, 2.45) is 0 Å². The third kappa shape index (κ3) is 3.13. The minimum atomic E-state index is 0.0478. The van der Waals surface area contributed by atoms with Crippen molar-refractivity contribution in [1.29, 1.82) is 0 Å². The summed E-state index contributed by atoms with van der Waals surface area (Å²) in [5.41, 5.74) is 8.87. The van der Waals surface area contributed by atoms with E-state index in [2.05, 4.69) is 117 Å². The van der Waals surface area contributed by atoms with Crippen LogP contribution >= 0.6 is 0 Å². The predicted octanol–water partition coefficient (Wildman–Crippen LogP) is 7.95. The van der Waals surface area contributed by atoms with E-state index >= 15 is 0 Å². The number of benzene rings is 4. The van der Waals surface area contributed by atoms with Gasteiger partial charge in [-0.05, 0) is 57.5 Å². The molecule has 0 aliphatic heterocycles. The van der Waals surface area contributed by atoms with Crippen molar-refractivity contribution in [2.45, 2.75) is 26.2 Å². The van der Waals surface area contributed by atoms with E-state index in [0.717, 1.165) is 0 Å². The molecule has 1 nitrogen and oxygen atoms in total. The summed E-state index contributed by atoms with van der Waals surface area (Å²) in [5.74, 6) is 0. The van der Waals surface area contributed by atoms with Crippen LogP contribution in [0, 0.1) is 0 Å². The van der Waals surface area contributed by atoms with Gasteiger partial charge in [-0.25, -0.2) is 0 Å². The van der Waals surface area contributed by atoms with E-state index in [1.807, 2.05) is 0 Å². The van der Waals surface area contributed by atoms with Gasteiger partial charge in [0.05, 0.1) is 5.52 Å². The van der Waals surface area contributed by atoms with Crippen molar-refractivity contribution in [3.05, 3.63) is 96.6 Å². The summed E-state index contributed by atoms with van der Waals surface area (Å²) >= 11 is 0. The van der Waals surface area contributed by atoms with Gasteiger partial charge >= 0.3 is 0 Å². The fourth-order valence-electron chi connectivity index (χ4n) is 4.20. The molecule has 1 heterocycles. The van der Waals surface area contributed by atoms with Crippen molar-refractivity contribution in [3.63, 3.8) is 0 Å². The first-order valence-electron chi connectivity index (χ1n) is 10.2. The van der Waals surface area contributed by atoms with Crippen LogP contribution in [0.2, 0.25) is 0 Å². The molecule has 0 atom stereocenters. The molecule has 0 unspecified atom stereocenters. The highest BCUT2D eigenvalue weighted by atomic mass is 14.7. The normalized spacial score (nSPS) is 12.0. The first-order chi connectivity index (χ1) is 14.0. The monoisotopic (exact) mass is 375 g/mol. The molecule has 0 fully saturated rings. The van der Waals surface area contributed by atoms with Gasteiger partial charge in [0, 0.05) is 16.3 Å². The first kappa shape index (κ1) is 17.8. The lowest BCUT2D eigenvalue weighted by atomic mass is 9.83. The molecule has 0 aliphatic rings. The van der Waals surface area contributed by atoms with Gasteiger partial charge in [-0.3, -0.25) is 0 Å². The van der Waals surface area contributed by atoms with Gasteiger partial charge < -0.3 is 4.98 Å². The smallest absolute Gasteiger partial charge is 0.0503 e. The molecular weight excluding hydrogens is 350 g/mol. The van der Waals surface area contributed by atoms with E-state index in [0.29, 0.717) is 0 Å². The number of hydrogen-bond acceptors (Lipinski definition) is 0. The molecule has 0 aliphatic carbocycles. The number of hydrogen-bond donors (Lipinski definition) is 1. The van der Waals surface area contributed by atoms with E-state index in [4.69, 9.17) is 0 Å². The van der Waals surface area contributed by atoms with Crippen molar-refractivity contribution in [3.8, 4) is 22.3 Å². The standard InChI is InChI=1S/C28H25N/c1-28(2,3)25-18-22(20-12-8-5-9-13-20)17-24-23-16-21(19-10-6-4-7-11-19)14-15-26(23)29-27(24)25/h4-18,29H,1-3H3. The number of aromatic amines is 1. The summed E-state index contributed by atoms with van der Waals surface area (Å²) in [5, 5.41) is 2.58. The lowest BCUT2D eigenvalue weighted by Crippen LogP contribution is -2.12. The second-order valence-corrected chi connectivity index (χ2v) is 8.81. The Morgan fingerprint density at radius 3 is 1.76 bits per heavy atom. The van der Waals surface area contributed by atoms with Crippen LogP contribution < -0.4 is 0 Å². The predicted molar refractivity (Wildman–Crippen MR) is 125 cm³/mol. The Morgan fingerprint density at radius 1 is 0.552 bits per heavy atom. The summed E-state index contributed by atoms with van der Waals surface area (Å²) in [6.07, 6.45) is 0. The van der Waals surface area contributed by atoms with E-state index < -0.39 is 0 Å². The molecule has 5 aromatic rings. The molecule has 29 heavy (non-hydrogen) atoms. The highest BCUT2D eigenvalue weighted by molar-refractivity contribution is 6.11. The zero-order chi connectivity index (χ0) is 20.0. The minimum absolute atomic E-state index is 0.0478. The Kier molecular flexibility index (Phi) is 4.06. The molecule has 142 valence electrons. The molecule has 0 saturated carbocycles. The quantitative estimate of drug-likeness (QED) is 0.322. The second kappa shape index (κ2) is 6.63. The Balaban J connectivity index is 1.83. The van der Waals surface area contributed by atoms with Crippen LogP contribution in [0.1, 0.15) is 26.3 Å². The fourth-order valence-corrected chi connectivity index (χ4v) is 4.20. The summed E-state index contributed by atoms with van der Waals surface area (Å²) < 4.78 is 0. The Labute approximate surface area is 172 Å². The van der Waals surface area contributed by atoms with E-state index in [-0.39, 0.29) is 5.41 Å². The van der Waals surface area contributed by atoms with Crippen LogP contribution in [0.5, 0.6) is 0 Å². The van der Waals surface area contributed by atoms with Crippen LogP contribution in [-0.4, -0.2) is 4.98 Å². The maximum absolute atomic E-state index is 3.71. The van der Waals surface area contributed by atoms with Crippen LogP contribution in [0.25, 0.3) is 44.1 Å². The van der Waals surface area contributed by atoms with Crippen LogP contribution in [0.4, 0.5) is 0 Å². The SMILES string of the molecule is CC(C)(C)c1cc(-c2ccccc2)cc2c1[nH]c1ccc(-c3ccccc3)cc12. The van der Waals surface area contributed by atoms with E-state index in [1.54, 1.807) is 0 Å². The third-order valence-electron chi connectivity index (χ3n) is 5.73. The lowest BCUT2D eigenvalue weighted by molar-refractivity contribution is 0.595. The molecular formula is C28H25N. The average Bonchev–Trinajstić information content (AvgIpc) is 3.11. The zero-order valence-corrected chi connectivity index (χ0v) is 17.2. The molecule has 1 heteroatoms. The van der Waals surface area contributed by atoms with Crippen molar-refractivity contribution >= 4 is 21.8 Å². The van der Waals surface area contributed by atoms with E-state index in [9.17, 15) is 0 Å². The first-order valence-corrected chi connectivity index (χ1v) is 10.2. The van der Waals surface area contributed by atoms with Crippen LogP contribution in [-0.2, 0) is 5.41 Å². The number of fused-ring (bicyclic) bond motifs is 3. The molecule has 0 amide bonds. The zero-order valence-electron chi connectivity index (χ0n) is 17.2. The van der Waals surface area contributed by atoms with Crippen molar-refractivity contribution < 1.29 is 0 Å². The van der Waals surface area contributed by atoms with E-state index in [1.165, 1.54) is 49.6 Å². The van der Waals surface area contributed by atoms with Gasteiger partial charge in [-0.15, -0.1) is 0 Å². The minimum Gasteiger partial charge on any atom is -0.354 e. The topological polar surface area (TPSA) is 15.8 Å². The highest BCUT2D eigenvalue weighted by Gasteiger charge is 2.21. The largest absolute Gasteiger partial charge is 0.354 e. The third-order valence-corrected chi connectivity index (χ3v) is 5.73. The summed E-state index contributed by atoms with van der Waals surface area (Å²) in [6.45, 7) is 6.87. The number of H-pyrrole nitrogens is 1. The molecule has 0 radical (unpaired) electrons. The number of aromatic nitrogens is 1. The Bertz CT molecular complexity index is 1300. The molecule has 0 bridgehead atoms. The van der Waals surface area contributed by atoms with Gasteiger partial charge in [0.2, 0.25) is 0 Å². The molecule has 0 saturated heterocycles. The van der Waals surface area contributed by atoms with Crippen molar-refractivity contribution in [2.75, 3.05) is 0 Å². The van der Waals surface area contributed by atoms with Gasteiger partial charge in [0.25, 0.3) is 0 Å². The molecule has 1 aromatic heterocycles. The maximum atomic E-state index is 3.71. The average molecular weight is 376 g/mol. The fraction of sp³-hybridized carbons (Fsp3) is 0.143. The van der Waals surface area contributed by atoms with Crippen molar-refractivity contribution in [1.82, 2.24) is 4.98 Å². The van der Waals surface area contributed by atoms with Gasteiger partial charge in [0.1, 0.15) is 0 Å². The summed E-state index contributed by atoms with van der Waals surface area (Å²) in [7, 11) is 0. The molecule has 0 spiro atoms. The number of nitrogens with one attached hydrogen (secondary N) is 1. The molecule has 1 N–H and O–H groups in total. The highest BCUT2D eigenvalue weighted by Crippen LogP contribution is 2.38. The van der Waals surface area contributed by atoms with Gasteiger partial charge in [0.15, 0.2) is 0 Å². The summed E-state index contributed by atoms with van der Waals surface area (Å²) in [6, 6.07) is 32.7. The van der Waals surface area contributed by atoms with Crippen LogP contribution in [0.3, 0.4) is 0 Å². The van der Waals surface area contributed by atoms with Gasteiger partial charge in [-0.2, -0.15) is 0 Å². The second-order valence-electron chi connectivity index (χ2n) is 8.81. The molecule has 4 aromatic carbocycles. The molecule has 5 rings (SSSR count). The summed E-state index contributed by atoms with van der Waals surface area (Å²) in [4.78, 5) is 3.71. The van der Waals surface area contributed by atoms with Crippen LogP contribution in [0.15, 0.2) is 91.0 Å².